The van der Waals surface area contributed by atoms with Gasteiger partial charge in [-0.2, -0.15) is 0 Å². The molecular formula is C11H20N4. The summed E-state index contributed by atoms with van der Waals surface area (Å²) in [6.45, 7) is 9.25. The molecule has 0 aliphatic carbocycles. The molecule has 4 heteroatoms. The lowest BCUT2D eigenvalue weighted by molar-refractivity contribution is 0.546. The van der Waals surface area contributed by atoms with Crippen molar-refractivity contribution >= 4 is 0 Å². The Kier molecular flexibility index (Phi) is 4.49. The lowest BCUT2D eigenvalue weighted by Crippen LogP contribution is -2.11. The Balaban J connectivity index is 3.07. The van der Waals surface area contributed by atoms with E-state index in [4.69, 9.17) is 5.73 Å². The second-order valence-corrected chi connectivity index (χ2v) is 3.61. The van der Waals surface area contributed by atoms with E-state index in [0.717, 1.165) is 18.5 Å². The van der Waals surface area contributed by atoms with Gasteiger partial charge >= 0.3 is 0 Å². The first kappa shape index (κ1) is 11.9. The first-order valence-corrected chi connectivity index (χ1v) is 5.51. The van der Waals surface area contributed by atoms with E-state index < -0.39 is 0 Å². The summed E-state index contributed by atoms with van der Waals surface area (Å²) in [6, 6.07) is 0. The molecule has 0 aromatic carbocycles. The van der Waals surface area contributed by atoms with E-state index >= 15 is 0 Å². The van der Waals surface area contributed by atoms with Crippen molar-refractivity contribution in [3.63, 3.8) is 0 Å². The van der Waals surface area contributed by atoms with Crippen LogP contribution in [-0.2, 0) is 13.1 Å². The predicted molar refractivity (Wildman–Crippen MR) is 61.4 cm³/mol. The second-order valence-electron chi connectivity index (χ2n) is 3.61. The molecular weight excluding hydrogens is 188 g/mol. The molecule has 0 saturated heterocycles. The highest BCUT2D eigenvalue weighted by atomic mass is 15.4. The zero-order valence-corrected chi connectivity index (χ0v) is 9.61. The average molecular weight is 208 g/mol. The van der Waals surface area contributed by atoms with E-state index in [9.17, 15) is 0 Å². The van der Waals surface area contributed by atoms with Crippen LogP contribution in [-0.4, -0.2) is 15.0 Å². The minimum Gasteiger partial charge on any atom is -0.325 e. The first-order valence-electron chi connectivity index (χ1n) is 5.51. The van der Waals surface area contributed by atoms with Crippen molar-refractivity contribution in [2.24, 2.45) is 5.73 Å². The van der Waals surface area contributed by atoms with Crippen LogP contribution < -0.4 is 5.73 Å². The second kappa shape index (κ2) is 5.66. The van der Waals surface area contributed by atoms with Crippen LogP contribution in [0.25, 0.3) is 0 Å². The number of hydrogen-bond acceptors (Lipinski definition) is 3. The van der Waals surface area contributed by atoms with Crippen molar-refractivity contribution in [2.45, 2.75) is 45.7 Å². The summed E-state index contributed by atoms with van der Waals surface area (Å²) in [5.41, 5.74) is 7.77. The van der Waals surface area contributed by atoms with E-state index in [0.29, 0.717) is 19.0 Å². The van der Waals surface area contributed by atoms with Crippen molar-refractivity contribution in [1.29, 1.82) is 0 Å². The molecule has 1 heterocycles. The molecule has 0 radical (unpaired) electrons. The van der Waals surface area contributed by atoms with Gasteiger partial charge in [0.25, 0.3) is 0 Å². The van der Waals surface area contributed by atoms with Gasteiger partial charge < -0.3 is 5.73 Å². The molecule has 4 nitrogen and oxygen atoms in total. The Labute approximate surface area is 91.2 Å². The van der Waals surface area contributed by atoms with Crippen LogP contribution in [0.3, 0.4) is 0 Å². The third kappa shape index (κ3) is 2.45. The third-order valence-electron chi connectivity index (χ3n) is 2.71. The van der Waals surface area contributed by atoms with Crippen molar-refractivity contribution in [3.8, 4) is 0 Å². The molecule has 2 N–H and O–H groups in total. The van der Waals surface area contributed by atoms with Crippen LogP contribution in [0.1, 0.15) is 44.0 Å². The summed E-state index contributed by atoms with van der Waals surface area (Å²) >= 11 is 0. The fourth-order valence-electron chi connectivity index (χ4n) is 1.88. The Bertz CT molecular complexity index is 312. The Hall–Kier alpha value is -1.16. The molecule has 1 aromatic heterocycles. The zero-order valence-electron chi connectivity index (χ0n) is 9.61. The van der Waals surface area contributed by atoms with E-state index in [1.807, 2.05) is 10.8 Å². The quantitative estimate of drug-likeness (QED) is 0.725. The average Bonchev–Trinajstić information content (AvgIpc) is 2.64. The molecule has 0 aliphatic heterocycles. The van der Waals surface area contributed by atoms with Crippen LogP contribution in [0.2, 0.25) is 0 Å². The zero-order chi connectivity index (χ0) is 11.3. The van der Waals surface area contributed by atoms with Crippen LogP contribution in [0.5, 0.6) is 0 Å². The van der Waals surface area contributed by atoms with Gasteiger partial charge in [-0.1, -0.05) is 25.1 Å². The van der Waals surface area contributed by atoms with Crippen LogP contribution in [0.15, 0.2) is 12.7 Å². The summed E-state index contributed by atoms with van der Waals surface area (Å²) < 4.78 is 1.91. The maximum atomic E-state index is 5.67. The fraction of sp³-hybridized carbons (Fsp3) is 0.636. The van der Waals surface area contributed by atoms with Crippen LogP contribution >= 0.6 is 0 Å². The summed E-state index contributed by atoms with van der Waals surface area (Å²) in [7, 11) is 0. The normalized spacial score (nSPS) is 10.9. The van der Waals surface area contributed by atoms with E-state index in [2.05, 4.69) is 30.7 Å². The Morgan fingerprint density at radius 3 is 2.60 bits per heavy atom. The van der Waals surface area contributed by atoms with Gasteiger partial charge in [-0.25, -0.2) is 4.68 Å². The van der Waals surface area contributed by atoms with Gasteiger partial charge in [-0.15, -0.1) is 11.7 Å². The maximum absolute atomic E-state index is 5.67. The minimum absolute atomic E-state index is 0.461. The molecule has 1 rings (SSSR count). The number of nitrogens with zero attached hydrogens (tertiary/aromatic N) is 3. The van der Waals surface area contributed by atoms with Gasteiger partial charge in [0, 0.05) is 12.5 Å². The molecule has 0 unspecified atom stereocenters. The first-order chi connectivity index (χ1) is 7.28. The number of allylic oxidation sites excluding steroid dienone is 1. The van der Waals surface area contributed by atoms with E-state index in [1.54, 1.807) is 0 Å². The monoisotopic (exact) mass is 208 g/mol. The summed E-state index contributed by atoms with van der Waals surface area (Å²) in [4.78, 5) is 0. The Morgan fingerprint density at radius 2 is 2.13 bits per heavy atom. The van der Waals surface area contributed by atoms with Gasteiger partial charge in [0.15, 0.2) is 0 Å². The third-order valence-corrected chi connectivity index (χ3v) is 2.71. The van der Waals surface area contributed by atoms with Crippen molar-refractivity contribution in [1.82, 2.24) is 15.0 Å². The van der Waals surface area contributed by atoms with Gasteiger partial charge in [-0.3, -0.25) is 0 Å². The van der Waals surface area contributed by atoms with Crippen LogP contribution in [0.4, 0.5) is 0 Å². The summed E-state index contributed by atoms with van der Waals surface area (Å²) in [5, 5.41) is 8.22. The molecule has 0 spiro atoms. The van der Waals surface area contributed by atoms with Crippen molar-refractivity contribution < 1.29 is 0 Å². The van der Waals surface area contributed by atoms with Crippen LogP contribution in [0, 0.1) is 0 Å². The van der Waals surface area contributed by atoms with Crippen molar-refractivity contribution in [2.75, 3.05) is 0 Å². The van der Waals surface area contributed by atoms with Gasteiger partial charge in [0.2, 0.25) is 0 Å². The largest absolute Gasteiger partial charge is 0.325 e. The molecule has 0 aliphatic rings. The van der Waals surface area contributed by atoms with E-state index in [-0.39, 0.29) is 0 Å². The maximum Gasteiger partial charge on any atom is 0.0997 e. The molecule has 0 bridgehead atoms. The summed E-state index contributed by atoms with van der Waals surface area (Å²) in [5.74, 6) is 0.499. The highest BCUT2D eigenvalue weighted by molar-refractivity contribution is 5.15. The highest BCUT2D eigenvalue weighted by Crippen LogP contribution is 2.24. The molecule has 84 valence electrons. The minimum atomic E-state index is 0.461. The van der Waals surface area contributed by atoms with Gasteiger partial charge in [-0.05, 0) is 12.8 Å². The standard InChI is InChI=1S/C11H20N4/c1-4-7-15-11(9(5-2)6-3)10(8-12)13-14-15/h4,9H,1,5-8,12H2,2-3H3. The fourth-order valence-corrected chi connectivity index (χ4v) is 1.88. The molecule has 0 amide bonds. The molecule has 0 fully saturated rings. The molecule has 15 heavy (non-hydrogen) atoms. The number of aromatic nitrogens is 3. The number of nitrogens with two attached hydrogens (primary N) is 1. The number of rotatable bonds is 6. The van der Waals surface area contributed by atoms with Gasteiger partial charge in [0.1, 0.15) is 0 Å². The molecule has 0 atom stereocenters. The SMILES string of the molecule is C=CCn1nnc(CN)c1C(CC)CC. The smallest absolute Gasteiger partial charge is 0.0997 e. The van der Waals surface area contributed by atoms with E-state index in [1.165, 1.54) is 5.69 Å². The predicted octanol–water partition coefficient (Wildman–Crippen LogP) is 1.83. The van der Waals surface area contributed by atoms with Gasteiger partial charge in [0.05, 0.1) is 17.9 Å². The Morgan fingerprint density at radius 1 is 1.47 bits per heavy atom. The topological polar surface area (TPSA) is 56.7 Å². The molecule has 0 saturated carbocycles. The highest BCUT2D eigenvalue weighted by Gasteiger charge is 2.18. The summed E-state index contributed by atoms with van der Waals surface area (Å²) in [6.07, 6.45) is 4.02. The van der Waals surface area contributed by atoms with Crippen molar-refractivity contribution in [3.05, 3.63) is 24.0 Å². The number of hydrogen-bond donors (Lipinski definition) is 1. The lowest BCUT2D eigenvalue weighted by atomic mass is 9.97. The lowest BCUT2D eigenvalue weighted by Gasteiger charge is -2.14. The molecule has 1 aromatic rings.